The van der Waals surface area contributed by atoms with Crippen LogP contribution in [0.5, 0.6) is 11.5 Å². The zero-order chi connectivity index (χ0) is 22.0. The van der Waals surface area contributed by atoms with Crippen LogP contribution in [0.4, 0.5) is 5.82 Å². The van der Waals surface area contributed by atoms with E-state index >= 15 is 0 Å². The van der Waals surface area contributed by atoms with Gasteiger partial charge in [-0.3, -0.25) is 4.79 Å². The first-order chi connectivity index (χ1) is 15.0. The van der Waals surface area contributed by atoms with E-state index in [4.69, 9.17) is 9.47 Å². The monoisotopic (exact) mass is 422 g/mol. The summed E-state index contributed by atoms with van der Waals surface area (Å²) in [6.07, 6.45) is 1.53. The minimum Gasteiger partial charge on any atom is -0.497 e. The van der Waals surface area contributed by atoms with E-state index in [1.54, 1.807) is 18.9 Å². The lowest BCUT2D eigenvalue weighted by Crippen LogP contribution is -2.54. The molecule has 0 radical (unpaired) electrons. The highest BCUT2D eigenvalue weighted by molar-refractivity contribution is 5.81. The molecule has 0 spiro atoms. The van der Waals surface area contributed by atoms with E-state index in [1.807, 2.05) is 44.2 Å². The maximum atomic E-state index is 12.6. The predicted molar refractivity (Wildman–Crippen MR) is 116 cm³/mol. The Morgan fingerprint density at radius 1 is 1.10 bits per heavy atom. The fourth-order valence-corrected chi connectivity index (χ4v) is 3.64. The number of nitrogens with zero attached hydrogens (tertiary/aromatic N) is 5. The predicted octanol–water partition coefficient (Wildman–Crippen LogP) is 2.05. The minimum absolute atomic E-state index is 0.0157. The summed E-state index contributed by atoms with van der Waals surface area (Å²) in [5.74, 6) is 2.84. The maximum Gasteiger partial charge on any atom is 0.226 e. The first-order valence-corrected chi connectivity index (χ1v) is 10.1. The largest absolute Gasteiger partial charge is 0.497 e. The van der Waals surface area contributed by atoms with E-state index in [-0.39, 0.29) is 11.8 Å². The average molecular weight is 422 g/mol. The Bertz CT molecular complexity index is 1090. The molecule has 1 N–H and O–H groups in total. The minimum atomic E-state index is -0.0867. The molecular formula is C22H26N6O3. The van der Waals surface area contributed by atoms with Crippen LogP contribution in [0.3, 0.4) is 0 Å². The third-order valence-electron chi connectivity index (χ3n) is 5.39. The molecule has 1 saturated heterocycles. The summed E-state index contributed by atoms with van der Waals surface area (Å²) in [6, 6.07) is 9.46. The third kappa shape index (κ3) is 4.30. The molecule has 0 atom stereocenters. The van der Waals surface area contributed by atoms with Crippen LogP contribution in [0.15, 0.2) is 36.7 Å². The molecule has 4 rings (SSSR count). The van der Waals surface area contributed by atoms with E-state index in [0.717, 1.165) is 28.6 Å². The molecule has 3 heterocycles. The smallest absolute Gasteiger partial charge is 0.226 e. The van der Waals surface area contributed by atoms with Gasteiger partial charge in [0, 0.05) is 43.0 Å². The number of methoxy groups -OCH3 is 2. The van der Waals surface area contributed by atoms with Crippen LogP contribution in [-0.4, -0.2) is 53.0 Å². The number of anilines is 1. The first kappa shape index (κ1) is 20.6. The molecule has 1 fully saturated rings. The van der Waals surface area contributed by atoms with Gasteiger partial charge in [0.1, 0.15) is 23.6 Å². The SMILES string of the molecule is COc1ccc(CNC(=O)C2CN(c3cc(-n4nc(C)cc4C)ncn3)C2)c(OC)c1. The van der Waals surface area contributed by atoms with Crippen molar-refractivity contribution in [2.45, 2.75) is 20.4 Å². The highest BCUT2D eigenvalue weighted by Crippen LogP contribution is 2.26. The Kier molecular flexibility index (Phi) is 5.75. The van der Waals surface area contributed by atoms with Gasteiger partial charge in [-0.2, -0.15) is 5.10 Å². The topological polar surface area (TPSA) is 94.4 Å². The molecule has 9 heteroatoms. The van der Waals surface area contributed by atoms with Gasteiger partial charge in [0.25, 0.3) is 0 Å². The van der Waals surface area contributed by atoms with Gasteiger partial charge in [0.05, 0.1) is 25.8 Å². The molecule has 162 valence electrons. The lowest BCUT2D eigenvalue weighted by molar-refractivity contribution is -0.125. The zero-order valence-corrected chi connectivity index (χ0v) is 18.1. The van der Waals surface area contributed by atoms with E-state index in [9.17, 15) is 4.79 Å². The number of nitrogens with one attached hydrogen (secondary N) is 1. The number of amides is 1. The molecule has 1 aliphatic heterocycles. The third-order valence-corrected chi connectivity index (χ3v) is 5.39. The van der Waals surface area contributed by atoms with Crippen LogP contribution in [0.25, 0.3) is 5.82 Å². The van der Waals surface area contributed by atoms with Gasteiger partial charge in [-0.05, 0) is 32.0 Å². The Labute approximate surface area is 181 Å². The lowest BCUT2D eigenvalue weighted by atomic mass is 9.99. The molecule has 0 bridgehead atoms. The number of aromatic nitrogens is 4. The van der Waals surface area contributed by atoms with Gasteiger partial charge in [-0.25, -0.2) is 14.6 Å². The Hall–Kier alpha value is -3.62. The Balaban J connectivity index is 1.35. The molecule has 3 aromatic rings. The fraction of sp³-hybridized carbons (Fsp3) is 0.364. The summed E-state index contributed by atoms with van der Waals surface area (Å²) >= 11 is 0. The Morgan fingerprint density at radius 3 is 2.55 bits per heavy atom. The van der Waals surface area contributed by atoms with Gasteiger partial charge < -0.3 is 19.7 Å². The molecule has 1 aliphatic rings. The number of rotatable bonds is 7. The molecule has 2 aromatic heterocycles. The van der Waals surface area contributed by atoms with Crippen molar-refractivity contribution in [3.05, 3.63) is 53.6 Å². The van der Waals surface area contributed by atoms with Crippen molar-refractivity contribution >= 4 is 11.7 Å². The van der Waals surface area contributed by atoms with E-state index in [2.05, 4.69) is 25.3 Å². The summed E-state index contributed by atoms with van der Waals surface area (Å²) in [7, 11) is 3.21. The van der Waals surface area contributed by atoms with Crippen molar-refractivity contribution in [1.82, 2.24) is 25.1 Å². The lowest BCUT2D eigenvalue weighted by Gasteiger charge is -2.39. The van der Waals surface area contributed by atoms with Crippen LogP contribution in [0, 0.1) is 19.8 Å². The number of hydrogen-bond acceptors (Lipinski definition) is 7. The van der Waals surface area contributed by atoms with Gasteiger partial charge in [0.2, 0.25) is 5.91 Å². The van der Waals surface area contributed by atoms with Crippen molar-refractivity contribution in [1.29, 1.82) is 0 Å². The number of aryl methyl sites for hydroxylation is 2. The molecular weight excluding hydrogens is 396 g/mol. The Morgan fingerprint density at radius 2 is 1.87 bits per heavy atom. The van der Waals surface area contributed by atoms with Gasteiger partial charge in [-0.15, -0.1) is 0 Å². The summed E-state index contributed by atoms with van der Waals surface area (Å²) in [5, 5.41) is 7.47. The highest BCUT2D eigenvalue weighted by Gasteiger charge is 2.33. The number of ether oxygens (including phenoxy) is 2. The maximum absolute atomic E-state index is 12.6. The summed E-state index contributed by atoms with van der Waals surface area (Å²) in [4.78, 5) is 23.3. The molecule has 9 nitrogen and oxygen atoms in total. The average Bonchev–Trinajstić information content (AvgIpc) is 3.09. The van der Waals surface area contributed by atoms with E-state index in [0.29, 0.717) is 31.1 Å². The standard InChI is InChI=1S/C22H26N6O3/c1-14-7-15(2)28(26-14)21-9-20(24-13-25-21)27-11-17(12-27)22(29)23-10-16-5-6-18(30-3)8-19(16)31-4/h5-9,13,17H,10-12H2,1-4H3,(H,23,29). The van der Waals surface area contributed by atoms with Crippen molar-refractivity contribution < 1.29 is 14.3 Å². The zero-order valence-electron chi connectivity index (χ0n) is 18.1. The van der Waals surface area contributed by atoms with Crippen LogP contribution in [0.1, 0.15) is 17.0 Å². The quantitative estimate of drug-likeness (QED) is 0.623. The van der Waals surface area contributed by atoms with Crippen LogP contribution in [0.2, 0.25) is 0 Å². The second kappa shape index (κ2) is 8.63. The van der Waals surface area contributed by atoms with Crippen molar-refractivity contribution in [3.8, 4) is 17.3 Å². The second-order valence-corrected chi connectivity index (χ2v) is 7.57. The van der Waals surface area contributed by atoms with Gasteiger partial charge >= 0.3 is 0 Å². The molecule has 1 aromatic carbocycles. The van der Waals surface area contributed by atoms with Crippen LogP contribution < -0.4 is 19.7 Å². The van der Waals surface area contributed by atoms with E-state index in [1.165, 1.54) is 6.33 Å². The fourth-order valence-electron chi connectivity index (χ4n) is 3.64. The molecule has 0 unspecified atom stereocenters. The van der Waals surface area contributed by atoms with Gasteiger partial charge in [0.15, 0.2) is 5.82 Å². The molecule has 0 aliphatic carbocycles. The number of carbonyl (C=O) groups is 1. The summed E-state index contributed by atoms with van der Waals surface area (Å²) in [6.45, 7) is 5.56. The number of hydrogen-bond donors (Lipinski definition) is 1. The van der Waals surface area contributed by atoms with Crippen LogP contribution >= 0.6 is 0 Å². The van der Waals surface area contributed by atoms with Crippen molar-refractivity contribution in [2.24, 2.45) is 5.92 Å². The number of benzene rings is 1. The van der Waals surface area contributed by atoms with Gasteiger partial charge in [-0.1, -0.05) is 0 Å². The van der Waals surface area contributed by atoms with Crippen LogP contribution in [-0.2, 0) is 11.3 Å². The first-order valence-electron chi connectivity index (χ1n) is 10.1. The highest BCUT2D eigenvalue weighted by atomic mass is 16.5. The summed E-state index contributed by atoms with van der Waals surface area (Å²) < 4.78 is 12.4. The van der Waals surface area contributed by atoms with E-state index < -0.39 is 0 Å². The molecule has 0 saturated carbocycles. The molecule has 31 heavy (non-hydrogen) atoms. The van der Waals surface area contributed by atoms with Crippen molar-refractivity contribution in [2.75, 3.05) is 32.2 Å². The number of carbonyl (C=O) groups excluding carboxylic acids is 1. The summed E-state index contributed by atoms with van der Waals surface area (Å²) in [5.41, 5.74) is 2.85. The van der Waals surface area contributed by atoms with Crippen molar-refractivity contribution in [3.63, 3.8) is 0 Å². The molecule has 1 amide bonds. The normalized spacial score (nSPS) is 13.6. The second-order valence-electron chi connectivity index (χ2n) is 7.57.